The average molecular weight is 357 g/mol. The zero-order valence-electron chi connectivity index (χ0n) is 11.9. The van der Waals surface area contributed by atoms with E-state index in [0.717, 1.165) is 5.56 Å². The van der Waals surface area contributed by atoms with Crippen LogP contribution in [0.15, 0.2) is 48.7 Å². The first kappa shape index (κ1) is 17.3. The smallest absolute Gasteiger partial charge is 0.408 e. The van der Waals surface area contributed by atoms with E-state index in [1.807, 2.05) is 18.2 Å². The molecular weight excluding hydrogens is 343 g/mol. The first-order valence-corrected chi connectivity index (χ1v) is 8.67. The summed E-state index contributed by atoms with van der Waals surface area (Å²) in [7, 11) is -4.13. The summed E-state index contributed by atoms with van der Waals surface area (Å²) in [5.41, 5.74) is 0.799. The van der Waals surface area contributed by atoms with Gasteiger partial charge in [0.25, 0.3) is 0 Å². The third-order valence-electron chi connectivity index (χ3n) is 2.60. The molecule has 1 aromatic carbocycles. The molecule has 0 saturated carbocycles. The van der Waals surface area contributed by atoms with Gasteiger partial charge in [0.15, 0.2) is 10.9 Å². The molecule has 1 aromatic heterocycles. The summed E-state index contributed by atoms with van der Waals surface area (Å²) in [6.45, 7) is 0.0533. The van der Waals surface area contributed by atoms with Crippen LogP contribution in [0.25, 0.3) is 0 Å². The number of carbonyl (C=O) groups excluding carboxylic acids is 1. The van der Waals surface area contributed by atoms with E-state index in [2.05, 4.69) is 10.3 Å². The fraction of sp³-hybridized carbons (Fsp3) is 0.143. The van der Waals surface area contributed by atoms with Crippen molar-refractivity contribution in [2.45, 2.75) is 6.61 Å². The number of nitrogens with one attached hydrogen (secondary N) is 1. The Labute approximate surface area is 137 Å². The first-order chi connectivity index (χ1) is 11.0. The van der Waals surface area contributed by atoms with Crippen molar-refractivity contribution in [3.05, 3.63) is 59.4 Å². The molecule has 0 aliphatic heterocycles. The molecule has 0 aliphatic rings. The lowest BCUT2D eigenvalue weighted by atomic mass is 10.2. The van der Waals surface area contributed by atoms with E-state index in [4.69, 9.17) is 20.9 Å². The molecular formula is C14H14ClN2O5P. The number of amides is 1. The third-order valence-corrected chi connectivity index (χ3v) is 3.93. The van der Waals surface area contributed by atoms with Gasteiger partial charge in [0.1, 0.15) is 12.9 Å². The van der Waals surface area contributed by atoms with Gasteiger partial charge in [0.2, 0.25) is 0 Å². The van der Waals surface area contributed by atoms with E-state index < -0.39 is 20.0 Å². The van der Waals surface area contributed by atoms with Crippen LogP contribution < -0.4 is 9.84 Å². The van der Waals surface area contributed by atoms with Crippen LogP contribution in [0.2, 0.25) is 5.15 Å². The Hall–Kier alpha value is -2.08. The van der Waals surface area contributed by atoms with E-state index >= 15 is 0 Å². The van der Waals surface area contributed by atoms with Crippen LogP contribution in [0.3, 0.4) is 0 Å². The van der Waals surface area contributed by atoms with E-state index in [9.17, 15) is 14.3 Å². The molecule has 9 heteroatoms. The fourth-order valence-corrected chi connectivity index (χ4v) is 2.62. The van der Waals surface area contributed by atoms with Crippen LogP contribution in [-0.2, 0) is 15.9 Å². The van der Waals surface area contributed by atoms with E-state index in [-0.39, 0.29) is 17.5 Å². The van der Waals surface area contributed by atoms with Gasteiger partial charge >= 0.3 is 13.7 Å². The van der Waals surface area contributed by atoms with Gasteiger partial charge < -0.3 is 19.5 Å². The predicted molar refractivity (Wildman–Crippen MR) is 84.3 cm³/mol. The minimum absolute atomic E-state index is 0.0422. The Morgan fingerprint density at radius 1 is 1.26 bits per heavy atom. The summed E-state index contributed by atoms with van der Waals surface area (Å²) < 4.78 is 21.7. The molecule has 2 rings (SSSR count). The van der Waals surface area contributed by atoms with Gasteiger partial charge in [-0.05, 0) is 17.7 Å². The van der Waals surface area contributed by atoms with Crippen molar-refractivity contribution in [3.8, 4) is 5.75 Å². The van der Waals surface area contributed by atoms with Crippen LogP contribution in [0.4, 0.5) is 4.79 Å². The highest BCUT2D eigenvalue weighted by molar-refractivity contribution is 7.53. The molecule has 0 saturated heterocycles. The second-order valence-corrected chi connectivity index (χ2v) is 6.55. The van der Waals surface area contributed by atoms with Crippen molar-refractivity contribution < 1.29 is 23.5 Å². The number of pyridine rings is 1. The number of rotatable bonds is 6. The summed E-state index contributed by atoms with van der Waals surface area (Å²) in [6, 6.07) is 11.9. The Kier molecular flexibility index (Phi) is 5.98. The molecule has 1 unspecified atom stereocenters. The molecule has 0 radical (unpaired) electrons. The van der Waals surface area contributed by atoms with Crippen LogP contribution in [0.5, 0.6) is 5.75 Å². The number of hydrogen-bond donors (Lipinski definition) is 2. The molecule has 1 heterocycles. The van der Waals surface area contributed by atoms with Crippen LogP contribution in [0.1, 0.15) is 5.56 Å². The quantitative estimate of drug-likeness (QED) is 0.609. The number of ether oxygens (including phenoxy) is 1. The summed E-state index contributed by atoms with van der Waals surface area (Å²) in [5, 5.41) is 2.12. The van der Waals surface area contributed by atoms with Crippen LogP contribution in [0, 0.1) is 0 Å². The topological polar surface area (TPSA) is 97.8 Å². The highest BCUT2D eigenvalue weighted by atomic mass is 35.5. The second-order valence-electron chi connectivity index (χ2n) is 4.42. The van der Waals surface area contributed by atoms with Crippen molar-refractivity contribution in [3.63, 3.8) is 0 Å². The van der Waals surface area contributed by atoms with Gasteiger partial charge in [0, 0.05) is 6.20 Å². The Morgan fingerprint density at radius 2 is 2.00 bits per heavy atom. The molecule has 122 valence electrons. The molecule has 2 N–H and O–H groups in total. The summed E-state index contributed by atoms with van der Waals surface area (Å²) >= 11 is 5.73. The lowest BCUT2D eigenvalue weighted by molar-refractivity contribution is 0.140. The SMILES string of the molecule is O=C(NCP(=O)(O)Oc1cccnc1Cl)OCc1ccccc1. The van der Waals surface area contributed by atoms with Crippen LogP contribution in [-0.4, -0.2) is 22.3 Å². The summed E-state index contributed by atoms with van der Waals surface area (Å²) in [6.07, 6.45) is -0.0354. The van der Waals surface area contributed by atoms with Gasteiger partial charge in [-0.15, -0.1) is 0 Å². The number of nitrogens with zero attached hydrogens (tertiary/aromatic N) is 1. The molecule has 7 nitrogen and oxygen atoms in total. The highest BCUT2D eigenvalue weighted by Crippen LogP contribution is 2.43. The Morgan fingerprint density at radius 3 is 2.70 bits per heavy atom. The van der Waals surface area contributed by atoms with Gasteiger partial charge in [-0.3, -0.25) is 0 Å². The zero-order chi connectivity index (χ0) is 16.7. The van der Waals surface area contributed by atoms with Gasteiger partial charge in [0.05, 0.1) is 0 Å². The summed E-state index contributed by atoms with van der Waals surface area (Å²) in [4.78, 5) is 24.9. The Balaban J connectivity index is 1.81. The number of benzene rings is 1. The number of carbonyl (C=O) groups is 1. The zero-order valence-corrected chi connectivity index (χ0v) is 13.5. The normalized spacial score (nSPS) is 13.0. The summed E-state index contributed by atoms with van der Waals surface area (Å²) in [5.74, 6) is -0.0422. The monoisotopic (exact) mass is 356 g/mol. The molecule has 0 aliphatic carbocycles. The predicted octanol–water partition coefficient (Wildman–Crippen LogP) is 3.18. The molecule has 0 bridgehead atoms. The minimum atomic E-state index is -4.13. The minimum Gasteiger partial charge on any atom is -0.445 e. The van der Waals surface area contributed by atoms with Crippen molar-refractivity contribution in [2.24, 2.45) is 0 Å². The maximum absolute atomic E-state index is 11.9. The average Bonchev–Trinajstić information content (AvgIpc) is 2.54. The molecule has 1 atom stereocenters. The van der Waals surface area contributed by atoms with Gasteiger partial charge in [-0.1, -0.05) is 41.9 Å². The standard InChI is InChI=1S/C14H14ClN2O5P/c15-13-12(7-4-8-16-13)22-23(19,20)10-17-14(18)21-9-11-5-2-1-3-6-11/h1-8H,9-10H2,(H,17,18)(H,19,20). The van der Waals surface area contributed by atoms with E-state index in [0.29, 0.717) is 0 Å². The second kappa shape index (κ2) is 7.97. The fourth-order valence-electron chi connectivity index (χ4n) is 1.56. The highest BCUT2D eigenvalue weighted by Gasteiger charge is 2.23. The molecule has 1 amide bonds. The third kappa shape index (κ3) is 5.90. The Bertz CT molecular complexity index is 713. The number of halogens is 1. The lowest BCUT2D eigenvalue weighted by Gasteiger charge is -2.14. The van der Waals surface area contributed by atoms with Gasteiger partial charge in [-0.2, -0.15) is 0 Å². The first-order valence-electron chi connectivity index (χ1n) is 6.53. The van der Waals surface area contributed by atoms with Crippen molar-refractivity contribution in [2.75, 3.05) is 6.29 Å². The molecule has 23 heavy (non-hydrogen) atoms. The van der Waals surface area contributed by atoms with E-state index in [1.165, 1.54) is 18.3 Å². The molecule has 0 fully saturated rings. The number of hydrogen-bond acceptors (Lipinski definition) is 5. The van der Waals surface area contributed by atoms with Crippen LogP contribution >= 0.6 is 19.2 Å². The largest absolute Gasteiger partial charge is 0.445 e. The van der Waals surface area contributed by atoms with E-state index in [1.54, 1.807) is 12.1 Å². The maximum Gasteiger partial charge on any atom is 0.408 e. The lowest BCUT2D eigenvalue weighted by Crippen LogP contribution is -2.26. The van der Waals surface area contributed by atoms with Crippen molar-refractivity contribution >= 4 is 25.3 Å². The maximum atomic E-state index is 11.9. The molecule has 0 spiro atoms. The van der Waals surface area contributed by atoms with Gasteiger partial charge in [-0.25, -0.2) is 14.3 Å². The van der Waals surface area contributed by atoms with Crippen molar-refractivity contribution in [1.29, 1.82) is 0 Å². The molecule has 2 aromatic rings. The number of aromatic nitrogens is 1. The number of alkyl carbamates (subject to hydrolysis) is 1. The van der Waals surface area contributed by atoms with Crippen molar-refractivity contribution in [1.82, 2.24) is 10.3 Å².